The SMILES string of the molecule is CC[C@@H](C)NC(=O)[C@H](CC)N(Cc1ccc(F)cc1)C(=O)Cc1ccc(C)c(C)c1. The van der Waals surface area contributed by atoms with Gasteiger partial charge in [-0.3, -0.25) is 9.59 Å². The van der Waals surface area contributed by atoms with Crippen molar-refractivity contribution < 1.29 is 14.0 Å². The van der Waals surface area contributed by atoms with Crippen molar-refractivity contribution in [3.05, 3.63) is 70.5 Å². The minimum absolute atomic E-state index is 0.0362. The molecule has 4 nitrogen and oxygen atoms in total. The first-order chi connectivity index (χ1) is 14.2. The maximum absolute atomic E-state index is 13.3. The van der Waals surface area contributed by atoms with Crippen LogP contribution in [0.4, 0.5) is 4.39 Å². The van der Waals surface area contributed by atoms with Gasteiger partial charge in [0.05, 0.1) is 6.42 Å². The average molecular weight is 413 g/mol. The van der Waals surface area contributed by atoms with Crippen LogP contribution in [0.25, 0.3) is 0 Å². The quantitative estimate of drug-likeness (QED) is 0.649. The Morgan fingerprint density at radius 3 is 2.17 bits per heavy atom. The molecule has 2 rings (SSSR count). The Labute approximate surface area is 179 Å². The molecule has 1 N–H and O–H groups in total. The first-order valence-electron chi connectivity index (χ1n) is 10.7. The topological polar surface area (TPSA) is 49.4 Å². The van der Waals surface area contributed by atoms with E-state index in [1.807, 2.05) is 52.8 Å². The average Bonchev–Trinajstić information content (AvgIpc) is 2.71. The van der Waals surface area contributed by atoms with Crippen molar-refractivity contribution in [2.24, 2.45) is 0 Å². The molecule has 2 atom stereocenters. The van der Waals surface area contributed by atoms with E-state index in [0.29, 0.717) is 6.42 Å². The fraction of sp³-hybridized carbons (Fsp3) is 0.440. The molecule has 2 amide bonds. The van der Waals surface area contributed by atoms with Gasteiger partial charge >= 0.3 is 0 Å². The van der Waals surface area contributed by atoms with E-state index >= 15 is 0 Å². The number of hydrogen-bond donors (Lipinski definition) is 1. The van der Waals surface area contributed by atoms with Crippen LogP contribution in [0.1, 0.15) is 55.9 Å². The first-order valence-corrected chi connectivity index (χ1v) is 10.7. The van der Waals surface area contributed by atoms with Gasteiger partial charge in [-0.1, -0.05) is 44.2 Å². The molecule has 0 spiro atoms. The lowest BCUT2D eigenvalue weighted by atomic mass is 10.0. The van der Waals surface area contributed by atoms with Crippen molar-refractivity contribution >= 4 is 11.8 Å². The van der Waals surface area contributed by atoms with Crippen LogP contribution in [0.3, 0.4) is 0 Å². The zero-order valence-corrected chi connectivity index (χ0v) is 18.7. The summed E-state index contributed by atoms with van der Waals surface area (Å²) in [5, 5.41) is 3.00. The highest BCUT2D eigenvalue weighted by Gasteiger charge is 2.29. The molecule has 0 unspecified atom stereocenters. The van der Waals surface area contributed by atoms with Gasteiger partial charge in [0.15, 0.2) is 0 Å². The monoisotopic (exact) mass is 412 g/mol. The second-order valence-electron chi connectivity index (χ2n) is 7.99. The van der Waals surface area contributed by atoms with E-state index in [1.54, 1.807) is 17.0 Å². The molecule has 2 aromatic carbocycles. The fourth-order valence-corrected chi connectivity index (χ4v) is 3.34. The summed E-state index contributed by atoms with van der Waals surface area (Å²) in [6, 6.07) is 11.5. The molecule has 0 aliphatic rings. The molecule has 0 aromatic heterocycles. The van der Waals surface area contributed by atoms with E-state index < -0.39 is 6.04 Å². The Kier molecular flexibility index (Phi) is 8.58. The van der Waals surface area contributed by atoms with E-state index in [0.717, 1.165) is 23.1 Å². The molecule has 0 radical (unpaired) electrons. The number of hydrogen-bond acceptors (Lipinski definition) is 2. The molecule has 0 saturated heterocycles. The minimum atomic E-state index is -0.580. The molecular weight excluding hydrogens is 379 g/mol. The van der Waals surface area contributed by atoms with E-state index in [1.165, 1.54) is 17.7 Å². The Balaban J connectivity index is 2.30. The summed E-state index contributed by atoms with van der Waals surface area (Å²) >= 11 is 0. The molecule has 2 aromatic rings. The van der Waals surface area contributed by atoms with Crippen LogP contribution < -0.4 is 5.32 Å². The molecular formula is C25H33FN2O2. The van der Waals surface area contributed by atoms with Crippen molar-refractivity contribution in [3.63, 3.8) is 0 Å². The van der Waals surface area contributed by atoms with Crippen molar-refractivity contribution in [3.8, 4) is 0 Å². The Bertz CT molecular complexity index is 864. The highest BCUT2D eigenvalue weighted by Crippen LogP contribution is 2.17. The third-order valence-corrected chi connectivity index (χ3v) is 5.58. The zero-order chi connectivity index (χ0) is 22.3. The Morgan fingerprint density at radius 2 is 1.60 bits per heavy atom. The number of amides is 2. The normalized spacial score (nSPS) is 12.9. The van der Waals surface area contributed by atoms with Gasteiger partial charge in [-0.25, -0.2) is 4.39 Å². The molecule has 0 fully saturated rings. The Hall–Kier alpha value is -2.69. The van der Waals surface area contributed by atoms with Gasteiger partial charge in [0.1, 0.15) is 11.9 Å². The molecule has 162 valence electrons. The zero-order valence-electron chi connectivity index (χ0n) is 18.7. The third kappa shape index (κ3) is 6.41. The van der Waals surface area contributed by atoms with Crippen LogP contribution in [-0.4, -0.2) is 28.8 Å². The van der Waals surface area contributed by atoms with Crippen molar-refractivity contribution in [1.82, 2.24) is 10.2 Å². The summed E-state index contributed by atoms with van der Waals surface area (Å²) < 4.78 is 13.3. The van der Waals surface area contributed by atoms with Gasteiger partial charge in [0.25, 0.3) is 0 Å². The lowest BCUT2D eigenvalue weighted by Crippen LogP contribution is -2.51. The molecule has 0 saturated carbocycles. The van der Waals surface area contributed by atoms with Crippen molar-refractivity contribution in [1.29, 1.82) is 0 Å². The van der Waals surface area contributed by atoms with Crippen LogP contribution in [0.5, 0.6) is 0 Å². The molecule has 0 aliphatic heterocycles. The number of aryl methyl sites for hydroxylation is 2. The molecule has 0 bridgehead atoms. The van der Waals surface area contributed by atoms with Gasteiger partial charge in [-0.05, 0) is 68.0 Å². The second-order valence-corrected chi connectivity index (χ2v) is 7.99. The van der Waals surface area contributed by atoms with E-state index in [2.05, 4.69) is 5.32 Å². The van der Waals surface area contributed by atoms with Gasteiger partial charge in [0.2, 0.25) is 11.8 Å². The predicted molar refractivity (Wildman–Crippen MR) is 119 cm³/mol. The maximum Gasteiger partial charge on any atom is 0.243 e. The molecule has 30 heavy (non-hydrogen) atoms. The summed E-state index contributed by atoms with van der Waals surface area (Å²) in [5.41, 5.74) is 4.02. The number of carbonyl (C=O) groups is 2. The fourth-order valence-electron chi connectivity index (χ4n) is 3.34. The number of benzene rings is 2. The van der Waals surface area contributed by atoms with Crippen LogP contribution in [-0.2, 0) is 22.6 Å². The first kappa shape index (κ1) is 23.6. The van der Waals surface area contributed by atoms with Gasteiger partial charge in [-0.2, -0.15) is 0 Å². The van der Waals surface area contributed by atoms with Gasteiger partial charge in [-0.15, -0.1) is 0 Å². The number of halogens is 1. The maximum atomic E-state index is 13.3. The smallest absolute Gasteiger partial charge is 0.243 e. The number of nitrogens with one attached hydrogen (secondary N) is 1. The summed E-state index contributed by atoms with van der Waals surface area (Å²) in [7, 11) is 0. The molecule has 0 aliphatic carbocycles. The van der Waals surface area contributed by atoms with Gasteiger partial charge < -0.3 is 10.2 Å². The van der Waals surface area contributed by atoms with E-state index in [-0.39, 0.29) is 36.6 Å². The van der Waals surface area contributed by atoms with Crippen LogP contribution in [0.15, 0.2) is 42.5 Å². The summed E-state index contributed by atoms with van der Waals surface area (Å²) in [5.74, 6) is -0.593. The van der Waals surface area contributed by atoms with Crippen molar-refractivity contribution in [2.45, 2.75) is 72.5 Å². The number of carbonyl (C=O) groups excluding carboxylic acids is 2. The third-order valence-electron chi connectivity index (χ3n) is 5.58. The van der Waals surface area contributed by atoms with Gasteiger partial charge in [0, 0.05) is 12.6 Å². The largest absolute Gasteiger partial charge is 0.352 e. The summed E-state index contributed by atoms with van der Waals surface area (Å²) in [6.07, 6.45) is 1.54. The lowest BCUT2D eigenvalue weighted by molar-refractivity contribution is -0.141. The Morgan fingerprint density at radius 1 is 0.967 bits per heavy atom. The molecule has 0 heterocycles. The summed E-state index contributed by atoms with van der Waals surface area (Å²) in [4.78, 5) is 27.9. The van der Waals surface area contributed by atoms with Crippen LogP contribution >= 0.6 is 0 Å². The highest BCUT2D eigenvalue weighted by atomic mass is 19.1. The van der Waals surface area contributed by atoms with Crippen molar-refractivity contribution in [2.75, 3.05) is 0 Å². The second kappa shape index (κ2) is 10.9. The summed E-state index contributed by atoms with van der Waals surface area (Å²) in [6.45, 7) is 10.2. The molecule has 5 heteroatoms. The van der Waals surface area contributed by atoms with Crippen LogP contribution in [0.2, 0.25) is 0 Å². The number of rotatable bonds is 9. The number of nitrogens with zero attached hydrogens (tertiary/aromatic N) is 1. The lowest BCUT2D eigenvalue weighted by Gasteiger charge is -2.31. The predicted octanol–water partition coefficient (Wildman–Crippen LogP) is 4.71. The minimum Gasteiger partial charge on any atom is -0.352 e. The van der Waals surface area contributed by atoms with Crippen LogP contribution in [0, 0.1) is 19.7 Å². The van der Waals surface area contributed by atoms with E-state index in [4.69, 9.17) is 0 Å². The standard InChI is InChI=1S/C25H33FN2O2/c1-6-19(5)27-25(30)23(7-2)28(16-20-10-12-22(26)13-11-20)24(29)15-21-9-8-17(3)18(4)14-21/h8-14,19,23H,6-7,15-16H2,1-5H3,(H,27,30)/t19-,23+/m1/s1. The van der Waals surface area contributed by atoms with E-state index in [9.17, 15) is 14.0 Å². The highest BCUT2D eigenvalue weighted by molar-refractivity contribution is 5.88.